The molecule has 1 heterocycles. The van der Waals surface area contributed by atoms with Crippen LogP contribution in [0.1, 0.15) is 6.92 Å². The number of nitrogens with two attached hydrogens (primary N) is 1. The largest absolute Gasteiger partial charge is 0.397 e. The lowest BCUT2D eigenvalue weighted by Crippen LogP contribution is -2.00. The van der Waals surface area contributed by atoms with Gasteiger partial charge in [0.05, 0.1) is 22.2 Å². The maximum absolute atomic E-state index is 13.7. The van der Waals surface area contributed by atoms with E-state index in [9.17, 15) is 8.78 Å². The molecule has 0 aliphatic rings. The van der Waals surface area contributed by atoms with Crippen LogP contribution in [0.5, 0.6) is 0 Å². The van der Waals surface area contributed by atoms with Gasteiger partial charge in [-0.05, 0) is 31.2 Å². The van der Waals surface area contributed by atoms with Gasteiger partial charge in [-0.2, -0.15) is 9.65 Å². The normalized spacial score (nSPS) is 12.7. The monoisotopic (exact) mass is 315 g/mol. The van der Waals surface area contributed by atoms with Gasteiger partial charge in [-0.15, -0.1) is 5.10 Å². The summed E-state index contributed by atoms with van der Waals surface area (Å²) in [6.45, 7) is 4.87. The van der Waals surface area contributed by atoms with Gasteiger partial charge in [-0.1, -0.05) is 6.58 Å². The number of nitrogens with zero attached hydrogens (tertiary/aromatic N) is 3. The zero-order valence-corrected chi connectivity index (χ0v) is 12.7. The first-order valence-corrected chi connectivity index (χ1v) is 6.65. The van der Waals surface area contributed by atoms with Gasteiger partial charge in [0.2, 0.25) is 5.95 Å². The first kappa shape index (κ1) is 16.2. The van der Waals surface area contributed by atoms with Gasteiger partial charge in [0.15, 0.2) is 0 Å². The van der Waals surface area contributed by atoms with E-state index in [1.807, 2.05) is 6.07 Å². The van der Waals surface area contributed by atoms with Crippen LogP contribution in [0.3, 0.4) is 0 Å². The molecule has 0 amide bonds. The highest BCUT2D eigenvalue weighted by molar-refractivity contribution is 5.83. The van der Waals surface area contributed by atoms with Crippen LogP contribution in [0.15, 0.2) is 53.6 Å². The molecule has 1 aromatic heterocycles. The number of allylic oxidation sites excluding steroid dienone is 4. The van der Waals surface area contributed by atoms with Gasteiger partial charge in [-0.3, -0.25) is 4.68 Å². The Morgan fingerprint density at radius 3 is 2.83 bits per heavy atom. The number of benzene rings is 1. The molecule has 0 bridgehead atoms. The van der Waals surface area contributed by atoms with Crippen LogP contribution in [0, 0.1) is 17.3 Å². The van der Waals surface area contributed by atoms with Gasteiger partial charge < -0.3 is 11.1 Å². The minimum absolute atomic E-state index is 0.0563. The lowest BCUT2D eigenvalue weighted by Gasteiger charge is -2.08. The molecule has 0 spiro atoms. The fourth-order valence-electron chi connectivity index (χ4n) is 2.03. The van der Waals surface area contributed by atoms with Crippen molar-refractivity contribution in [1.29, 1.82) is 5.26 Å². The Bertz CT molecular complexity index is 884. The zero-order chi connectivity index (χ0) is 17.1. The molecule has 2 rings (SSSR count). The highest BCUT2D eigenvalue weighted by Crippen LogP contribution is 2.23. The fourth-order valence-corrected chi connectivity index (χ4v) is 2.03. The lowest BCUT2D eigenvalue weighted by molar-refractivity contribution is 0.562. The molecule has 2 aromatic rings. The molecule has 0 saturated heterocycles. The SMILES string of the molecule is C=C(N)/C(F)=C\C(C#N)=C(/C)Nc1ccc2c(c1)c(F)nn2C. The summed E-state index contributed by atoms with van der Waals surface area (Å²) in [5.74, 6) is -1.37. The Labute approximate surface area is 132 Å². The first-order chi connectivity index (χ1) is 10.8. The summed E-state index contributed by atoms with van der Waals surface area (Å²) < 4.78 is 28.6. The number of rotatable bonds is 4. The van der Waals surface area contributed by atoms with Crippen LogP contribution >= 0.6 is 0 Å². The third-order valence-electron chi connectivity index (χ3n) is 3.24. The van der Waals surface area contributed by atoms with Crippen molar-refractivity contribution < 1.29 is 8.78 Å². The molecule has 0 unspecified atom stereocenters. The number of halogens is 2. The number of aromatic nitrogens is 2. The van der Waals surface area contributed by atoms with Crippen molar-refractivity contribution in [2.75, 3.05) is 5.32 Å². The Morgan fingerprint density at radius 1 is 1.52 bits per heavy atom. The highest BCUT2D eigenvalue weighted by atomic mass is 19.1. The Hall–Kier alpha value is -3.14. The fraction of sp³-hybridized carbons (Fsp3) is 0.125. The topological polar surface area (TPSA) is 79.7 Å². The molecule has 3 N–H and O–H groups in total. The minimum Gasteiger partial charge on any atom is -0.397 e. The van der Waals surface area contributed by atoms with Crippen LogP contribution in [0.25, 0.3) is 10.9 Å². The maximum Gasteiger partial charge on any atom is 0.240 e. The standard InChI is InChI=1S/C16H15F2N5/c1-9(20)14(17)6-11(8-19)10(2)21-12-4-5-15-13(7-12)16(18)22-23(15)3/h4-7,21H,1,20H2,2-3H3/b11-10-,14-6+. The van der Waals surface area contributed by atoms with Crippen molar-refractivity contribution in [3.63, 3.8) is 0 Å². The molecule has 1 aromatic carbocycles. The van der Waals surface area contributed by atoms with Crippen molar-refractivity contribution in [2.45, 2.75) is 6.92 Å². The molecule has 0 fully saturated rings. The predicted octanol–water partition coefficient (Wildman–Crippen LogP) is 3.25. The lowest BCUT2D eigenvalue weighted by atomic mass is 10.1. The molecule has 118 valence electrons. The average Bonchev–Trinajstić information content (AvgIpc) is 2.78. The smallest absolute Gasteiger partial charge is 0.240 e. The Kier molecular flexibility index (Phi) is 4.46. The molecule has 0 atom stereocenters. The summed E-state index contributed by atoms with van der Waals surface area (Å²) in [4.78, 5) is 0. The quantitative estimate of drug-likeness (QED) is 0.670. The van der Waals surface area contributed by atoms with Crippen LogP contribution in [-0.2, 0) is 7.05 Å². The summed E-state index contributed by atoms with van der Waals surface area (Å²) in [5.41, 5.74) is 6.61. The van der Waals surface area contributed by atoms with Crippen LogP contribution < -0.4 is 11.1 Å². The van der Waals surface area contributed by atoms with E-state index in [0.29, 0.717) is 22.3 Å². The van der Waals surface area contributed by atoms with Gasteiger partial charge in [-0.25, -0.2) is 4.39 Å². The summed E-state index contributed by atoms with van der Waals surface area (Å²) in [6.07, 6.45) is 0.994. The number of nitrogens with one attached hydrogen (secondary N) is 1. The molecule has 7 heteroatoms. The summed E-state index contributed by atoms with van der Waals surface area (Å²) in [6, 6.07) is 6.85. The minimum atomic E-state index is -0.781. The van der Waals surface area contributed by atoms with Gasteiger partial charge in [0, 0.05) is 18.4 Å². The van der Waals surface area contributed by atoms with Crippen LogP contribution in [0.4, 0.5) is 14.5 Å². The van der Waals surface area contributed by atoms with Gasteiger partial charge in [0.25, 0.3) is 0 Å². The molecule has 0 radical (unpaired) electrons. The molecular formula is C16H15F2N5. The average molecular weight is 315 g/mol. The first-order valence-electron chi connectivity index (χ1n) is 6.65. The van der Waals surface area contributed by atoms with E-state index in [4.69, 9.17) is 11.0 Å². The van der Waals surface area contributed by atoms with Gasteiger partial charge in [0.1, 0.15) is 11.9 Å². The van der Waals surface area contributed by atoms with Crippen LogP contribution in [-0.4, -0.2) is 9.78 Å². The van der Waals surface area contributed by atoms with E-state index in [-0.39, 0.29) is 11.3 Å². The Balaban J connectivity index is 2.39. The maximum atomic E-state index is 13.7. The number of nitriles is 1. The highest BCUT2D eigenvalue weighted by Gasteiger charge is 2.09. The van der Waals surface area contributed by atoms with Crippen molar-refractivity contribution in [3.8, 4) is 6.07 Å². The van der Waals surface area contributed by atoms with E-state index in [0.717, 1.165) is 6.08 Å². The number of hydrogen-bond acceptors (Lipinski definition) is 4. The summed E-state index contributed by atoms with van der Waals surface area (Å²) in [5, 5.41) is 16.1. The molecule has 0 saturated carbocycles. The van der Waals surface area contributed by atoms with E-state index in [1.54, 1.807) is 32.2 Å². The van der Waals surface area contributed by atoms with Crippen LogP contribution in [0.2, 0.25) is 0 Å². The third kappa shape index (κ3) is 3.37. The number of hydrogen-bond donors (Lipinski definition) is 2. The molecule has 0 aliphatic heterocycles. The number of anilines is 1. The Morgan fingerprint density at radius 2 is 2.22 bits per heavy atom. The van der Waals surface area contributed by atoms with Crippen molar-refractivity contribution in [3.05, 3.63) is 59.6 Å². The summed E-state index contributed by atoms with van der Waals surface area (Å²) >= 11 is 0. The second kappa shape index (κ2) is 6.32. The molecule has 0 aliphatic carbocycles. The van der Waals surface area contributed by atoms with E-state index in [2.05, 4.69) is 17.0 Å². The van der Waals surface area contributed by atoms with Gasteiger partial charge >= 0.3 is 0 Å². The zero-order valence-electron chi connectivity index (χ0n) is 12.7. The predicted molar refractivity (Wildman–Crippen MR) is 85.1 cm³/mol. The molecule has 23 heavy (non-hydrogen) atoms. The number of aryl methyl sites for hydroxylation is 1. The van der Waals surface area contributed by atoms with Crippen molar-refractivity contribution in [2.24, 2.45) is 12.8 Å². The van der Waals surface area contributed by atoms with E-state index >= 15 is 0 Å². The van der Waals surface area contributed by atoms with Crippen molar-refractivity contribution in [1.82, 2.24) is 9.78 Å². The summed E-state index contributed by atoms with van der Waals surface area (Å²) in [7, 11) is 1.64. The van der Waals surface area contributed by atoms with E-state index < -0.39 is 11.8 Å². The van der Waals surface area contributed by atoms with E-state index in [1.165, 1.54) is 4.68 Å². The number of fused-ring (bicyclic) bond motifs is 1. The molecular weight excluding hydrogens is 300 g/mol. The second-order valence-corrected chi connectivity index (χ2v) is 4.94. The molecule has 5 nitrogen and oxygen atoms in total. The van der Waals surface area contributed by atoms with Crippen molar-refractivity contribution >= 4 is 16.6 Å². The second-order valence-electron chi connectivity index (χ2n) is 4.94. The third-order valence-corrected chi connectivity index (χ3v) is 3.24.